The zero-order valence-corrected chi connectivity index (χ0v) is 16.0. The third kappa shape index (κ3) is 3.67. The van der Waals surface area contributed by atoms with Crippen LogP contribution in [0, 0.1) is 19.8 Å². The lowest BCUT2D eigenvalue weighted by molar-refractivity contribution is -0.130. The van der Waals surface area contributed by atoms with E-state index in [0.717, 1.165) is 5.56 Å². The molecule has 2 aromatic carbocycles. The van der Waals surface area contributed by atoms with E-state index in [-0.39, 0.29) is 10.7 Å². The van der Waals surface area contributed by atoms with Crippen molar-refractivity contribution in [1.82, 2.24) is 5.32 Å². The standard InChI is InChI=1S/C20H17N3O4S/c1-11-6-8-13(9-7-11)23-18(25)15(17(24)22-20(23)28)10-21-16-5-3-4-14(12(16)2)19(26)27/h3-10,15H,1-2H3,(H,26,27)(H,22,24,28)/t15-/m1/s1. The Morgan fingerprint density at radius 3 is 2.50 bits per heavy atom. The van der Waals surface area contributed by atoms with Crippen molar-refractivity contribution in [2.75, 3.05) is 4.90 Å². The van der Waals surface area contributed by atoms with Gasteiger partial charge in [0.05, 0.1) is 16.9 Å². The van der Waals surface area contributed by atoms with Crippen LogP contribution in [0.25, 0.3) is 0 Å². The summed E-state index contributed by atoms with van der Waals surface area (Å²) in [6.07, 6.45) is 1.22. The summed E-state index contributed by atoms with van der Waals surface area (Å²) in [6.45, 7) is 3.54. The van der Waals surface area contributed by atoms with Gasteiger partial charge in [-0.15, -0.1) is 0 Å². The molecule has 0 spiro atoms. The van der Waals surface area contributed by atoms with E-state index in [1.54, 1.807) is 31.2 Å². The Morgan fingerprint density at radius 1 is 1.18 bits per heavy atom. The number of carbonyl (C=O) groups is 3. The number of carboxylic acid groups (broad SMARTS) is 1. The van der Waals surface area contributed by atoms with Crippen LogP contribution in [-0.4, -0.2) is 34.2 Å². The molecule has 1 aliphatic heterocycles. The zero-order valence-electron chi connectivity index (χ0n) is 15.2. The summed E-state index contributed by atoms with van der Waals surface area (Å²) < 4.78 is 0. The molecule has 1 heterocycles. The number of carboxylic acids is 1. The van der Waals surface area contributed by atoms with Crippen LogP contribution < -0.4 is 10.2 Å². The molecule has 1 atom stereocenters. The molecule has 7 nitrogen and oxygen atoms in total. The molecule has 1 saturated heterocycles. The zero-order chi connectivity index (χ0) is 20.4. The summed E-state index contributed by atoms with van der Waals surface area (Å²) in [4.78, 5) is 41.9. The number of carbonyl (C=O) groups excluding carboxylic acids is 2. The van der Waals surface area contributed by atoms with Gasteiger partial charge in [0.1, 0.15) is 0 Å². The molecule has 8 heteroatoms. The van der Waals surface area contributed by atoms with E-state index >= 15 is 0 Å². The van der Waals surface area contributed by atoms with Gasteiger partial charge in [0, 0.05) is 6.21 Å². The highest BCUT2D eigenvalue weighted by Gasteiger charge is 2.38. The van der Waals surface area contributed by atoms with E-state index in [1.165, 1.54) is 17.2 Å². The van der Waals surface area contributed by atoms with E-state index < -0.39 is 23.7 Å². The second-order valence-corrected chi connectivity index (χ2v) is 6.70. The molecule has 28 heavy (non-hydrogen) atoms. The van der Waals surface area contributed by atoms with Crippen molar-refractivity contribution >= 4 is 52.7 Å². The van der Waals surface area contributed by atoms with Crippen LogP contribution in [0.5, 0.6) is 0 Å². The molecule has 142 valence electrons. The Bertz CT molecular complexity index is 1010. The lowest BCUT2D eigenvalue weighted by Gasteiger charge is -2.31. The Balaban J connectivity index is 1.92. The number of benzene rings is 2. The number of amides is 2. The minimum Gasteiger partial charge on any atom is -0.478 e. The molecular weight excluding hydrogens is 378 g/mol. The van der Waals surface area contributed by atoms with Crippen LogP contribution in [0.1, 0.15) is 21.5 Å². The maximum atomic E-state index is 12.9. The summed E-state index contributed by atoms with van der Waals surface area (Å²) in [6, 6.07) is 11.8. The predicted octanol–water partition coefficient (Wildman–Crippen LogP) is 2.77. The van der Waals surface area contributed by atoms with E-state index in [2.05, 4.69) is 10.3 Å². The van der Waals surface area contributed by atoms with Crippen molar-refractivity contribution in [2.24, 2.45) is 10.9 Å². The molecule has 0 aliphatic carbocycles. The average Bonchev–Trinajstić information content (AvgIpc) is 2.63. The normalized spacial score (nSPS) is 17.1. The lowest BCUT2D eigenvalue weighted by atomic mass is 10.0. The summed E-state index contributed by atoms with van der Waals surface area (Å²) in [5.74, 6) is -3.35. The maximum Gasteiger partial charge on any atom is 0.336 e. The second kappa shape index (κ2) is 7.69. The van der Waals surface area contributed by atoms with E-state index in [4.69, 9.17) is 12.2 Å². The van der Waals surface area contributed by atoms with Crippen molar-refractivity contribution in [1.29, 1.82) is 0 Å². The Morgan fingerprint density at radius 2 is 1.86 bits per heavy atom. The van der Waals surface area contributed by atoms with Gasteiger partial charge in [0.15, 0.2) is 11.0 Å². The monoisotopic (exact) mass is 395 g/mol. The molecule has 0 radical (unpaired) electrons. The van der Waals surface area contributed by atoms with Crippen LogP contribution in [0.3, 0.4) is 0 Å². The third-order valence-electron chi connectivity index (χ3n) is 4.39. The van der Waals surface area contributed by atoms with Crippen molar-refractivity contribution in [3.63, 3.8) is 0 Å². The summed E-state index contributed by atoms with van der Waals surface area (Å²) in [5, 5.41) is 11.7. The van der Waals surface area contributed by atoms with Gasteiger partial charge in [-0.25, -0.2) is 4.79 Å². The minimum absolute atomic E-state index is 0.00700. The fourth-order valence-electron chi connectivity index (χ4n) is 2.81. The second-order valence-electron chi connectivity index (χ2n) is 6.31. The number of nitrogens with one attached hydrogen (secondary N) is 1. The number of nitrogens with zero attached hydrogens (tertiary/aromatic N) is 2. The number of hydrogen-bond donors (Lipinski definition) is 2. The summed E-state index contributed by atoms with van der Waals surface area (Å²) in [5.41, 5.74) is 2.49. The van der Waals surface area contributed by atoms with Gasteiger partial charge in [-0.1, -0.05) is 23.8 Å². The number of aryl methyl sites for hydroxylation is 1. The number of aromatic carboxylic acids is 1. The minimum atomic E-state index is -1.18. The van der Waals surface area contributed by atoms with Crippen molar-refractivity contribution in [3.8, 4) is 0 Å². The summed E-state index contributed by atoms with van der Waals surface area (Å²) >= 11 is 5.16. The first-order chi connectivity index (χ1) is 13.3. The predicted molar refractivity (Wildman–Crippen MR) is 109 cm³/mol. The summed E-state index contributed by atoms with van der Waals surface area (Å²) in [7, 11) is 0. The number of thiocarbonyl (C=S) groups is 1. The maximum absolute atomic E-state index is 12.9. The van der Waals surface area contributed by atoms with Crippen LogP contribution in [0.2, 0.25) is 0 Å². The first-order valence-corrected chi connectivity index (χ1v) is 8.83. The van der Waals surface area contributed by atoms with Gasteiger partial charge in [0.25, 0.3) is 5.91 Å². The largest absolute Gasteiger partial charge is 0.478 e. The molecule has 0 saturated carbocycles. The van der Waals surface area contributed by atoms with Crippen molar-refractivity contribution < 1.29 is 19.5 Å². The first kappa shape index (κ1) is 19.4. The molecule has 2 aromatic rings. The molecular formula is C20H17N3O4S. The number of anilines is 1. The van der Waals surface area contributed by atoms with Crippen LogP contribution in [0.15, 0.2) is 47.5 Å². The molecule has 1 fully saturated rings. The molecule has 0 bridgehead atoms. The molecule has 0 aromatic heterocycles. The SMILES string of the molecule is Cc1ccc(N2C(=O)[C@H](C=Nc3cccc(C(=O)O)c3C)C(=O)NC2=S)cc1. The third-order valence-corrected chi connectivity index (χ3v) is 4.68. The van der Waals surface area contributed by atoms with Crippen LogP contribution in [-0.2, 0) is 9.59 Å². The van der Waals surface area contributed by atoms with Gasteiger partial charge in [0.2, 0.25) is 5.91 Å². The Labute approximate surface area is 166 Å². The van der Waals surface area contributed by atoms with E-state index in [1.807, 2.05) is 19.1 Å². The van der Waals surface area contributed by atoms with Gasteiger partial charge < -0.3 is 10.4 Å². The molecule has 1 aliphatic rings. The van der Waals surface area contributed by atoms with E-state index in [0.29, 0.717) is 16.9 Å². The Kier molecular flexibility index (Phi) is 5.32. The molecule has 0 unspecified atom stereocenters. The molecule has 2 N–H and O–H groups in total. The average molecular weight is 395 g/mol. The van der Waals surface area contributed by atoms with Crippen molar-refractivity contribution in [2.45, 2.75) is 13.8 Å². The fourth-order valence-corrected chi connectivity index (χ4v) is 3.11. The quantitative estimate of drug-likeness (QED) is 0.471. The fraction of sp³-hybridized carbons (Fsp3) is 0.150. The lowest BCUT2D eigenvalue weighted by Crippen LogP contribution is -2.58. The van der Waals surface area contributed by atoms with Gasteiger partial charge in [-0.2, -0.15) is 0 Å². The van der Waals surface area contributed by atoms with Gasteiger partial charge >= 0.3 is 5.97 Å². The topological polar surface area (TPSA) is 99.1 Å². The highest BCUT2D eigenvalue weighted by atomic mass is 32.1. The first-order valence-electron chi connectivity index (χ1n) is 8.42. The molecule has 2 amide bonds. The number of rotatable bonds is 4. The highest BCUT2D eigenvalue weighted by Crippen LogP contribution is 2.24. The number of aliphatic imine (C=N–C) groups is 1. The van der Waals surface area contributed by atoms with Gasteiger partial charge in [-0.3, -0.25) is 19.5 Å². The number of hydrogen-bond acceptors (Lipinski definition) is 5. The van der Waals surface area contributed by atoms with Gasteiger partial charge in [-0.05, 0) is 55.9 Å². The highest BCUT2D eigenvalue weighted by molar-refractivity contribution is 7.80. The Hall–Kier alpha value is -3.39. The smallest absolute Gasteiger partial charge is 0.336 e. The van der Waals surface area contributed by atoms with Crippen LogP contribution >= 0.6 is 12.2 Å². The van der Waals surface area contributed by atoms with E-state index in [9.17, 15) is 19.5 Å². The van der Waals surface area contributed by atoms with Crippen molar-refractivity contribution in [3.05, 3.63) is 59.2 Å². The molecule has 3 rings (SSSR count). The van der Waals surface area contributed by atoms with Crippen LogP contribution in [0.4, 0.5) is 11.4 Å².